The molecule has 2 saturated heterocycles. The summed E-state index contributed by atoms with van der Waals surface area (Å²) in [5.74, 6) is -3.27. The maximum Gasteiger partial charge on any atom is 0.283 e. The summed E-state index contributed by atoms with van der Waals surface area (Å²) < 4.78 is 72.9. The summed E-state index contributed by atoms with van der Waals surface area (Å²) in [4.78, 5) is 32.6. The van der Waals surface area contributed by atoms with Crippen molar-refractivity contribution in [2.24, 2.45) is 5.41 Å². The third kappa shape index (κ3) is 9.24. The molecule has 5 rings (SSSR count). The second kappa shape index (κ2) is 18.4. The lowest BCUT2D eigenvalue weighted by Crippen LogP contribution is -2.60. The van der Waals surface area contributed by atoms with Gasteiger partial charge in [-0.25, -0.2) is 17.6 Å². The lowest BCUT2D eigenvalue weighted by Gasteiger charge is -2.47. The van der Waals surface area contributed by atoms with E-state index in [1.807, 2.05) is 54.6 Å². The number of likely N-dealkylation sites (tertiary alicyclic amines) is 2. The molecule has 3 aromatic carbocycles. The molecular weight excluding hydrogens is 731 g/mol. The minimum atomic E-state index is -3.58. The summed E-state index contributed by atoms with van der Waals surface area (Å²) in [7, 11) is 2.96. The van der Waals surface area contributed by atoms with Gasteiger partial charge in [0.1, 0.15) is 41.9 Å². The van der Waals surface area contributed by atoms with Crippen LogP contribution in [0.5, 0.6) is 11.5 Å². The van der Waals surface area contributed by atoms with Gasteiger partial charge in [0.25, 0.3) is 5.92 Å². The molecule has 55 heavy (non-hydrogen) atoms. The van der Waals surface area contributed by atoms with Crippen molar-refractivity contribution >= 4 is 34.4 Å². The number of piperidine rings is 2. The number of rotatable bonds is 16. The van der Waals surface area contributed by atoms with Crippen LogP contribution in [0.15, 0.2) is 78.9 Å². The van der Waals surface area contributed by atoms with Gasteiger partial charge < -0.3 is 19.3 Å². The first-order chi connectivity index (χ1) is 26.2. The number of fused-ring (bicyclic) bond motifs is 1. The molecule has 2 aliphatic rings. The first-order valence-electron chi connectivity index (χ1n) is 18.9. The van der Waals surface area contributed by atoms with Crippen LogP contribution in [-0.2, 0) is 16.0 Å². The van der Waals surface area contributed by atoms with Gasteiger partial charge in [0, 0.05) is 33.1 Å². The standard InChI is InChI=1S/C43H53F4N3O4S/c1-6-11-31(44)27-50-22-19-42(20-23-50,43(46,47)29(2)3)41(52)48(4)36(40(51)55)26-30-12-7-15-34-33(30)14-8-16-35(34)39-37(53-5)17-9-18-38(39)54-25-24-49-21-10-13-32(45)28-49/h6-9,11-12,14-18,31-32,36H,2,10,13,19-28H2,1,3-5H3,(H,51,55)/b11-6+/t31?,32-,36-/m0/s1. The number of hydrogen-bond donors (Lipinski definition) is 1. The molecule has 7 nitrogen and oxygen atoms in total. The zero-order chi connectivity index (χ0) is 39.9. The topological polar surface area (TPSA) is 62.3 Å². The minimum Gasteiger partial charge on any atom is -0.496 e. The van der Waals surface area contributed by atoms with Crippen LogP contribution in [0.1, 0.15) is 45.1 Å². The Morgan fingerprint density at radius 2 is 1.73 bits per heavy atom. The highest BCUT2D eigenvalue weighted by Crippen LogP contribution is 2.50. The summed E-state index contributed by atoms with van der Waals surface area (Å²) >= 11 is 4.17. The number of alkyl halides is 4. The summed E-state index contributed by atoms with van der Waals surface area (Å²) in [6.45, 7) is 8.79. The molecule has 0 aliphatic carbocycles. The van der Waals surface area contributed by atoms with E-state index in [9.17, 15) is 18.4 Å². The van der Waals surface area contributed by atoms with Gasteiger partial charge in [0.05, 0.1) is 12.7 Å². The average molecular weight is 784 g/mol. The van der Waals surface area contributed by atoms with Crippen LogP contribution >= 0.6 is 12.6 Å². The van der Waals surface area contributed by atoms with Crippen molar-refractivity contribution in [3.63, 3.8) is 0 Å². The smallest absolute Gasteiger partial charge is 0.283 e. The Hall–Kier alpha value is -3.87. The molecule has 3 aromatic rings. The molecule has 0 radical (unpaired) electrons. The monoisotopic (exact) mass is 783 g/mol. The molecule has 3 atom stereocenters. The van der Waals surface area contributed by atoms with E-state index in [0.717, 1.165) is 39.8 Å². The maximum atomic E-state index is 16.2. The summed E-state index contributed by atoms with van der Waals surface area (Å²) in [5, 5.41) is 0.971. The van der Waals surface area contributed by atoms with Gasteiger partial charge in [0.15, 0.2) is 0 Å². The van der Waals surface area contributed by atoms with Crippen molar-refractivity contribution < 1.29 is 36.6 Å². The second-order valence-electron chi connectivity index (χ2n) is 14.8. The Balaban J connectivity index is 1.44. The number of amides is 1. The van der Waals surface area contributed by atoms with E-state index in [2.05, 4.69) is 24.1 Å². The summed E-state index contributed by atoms with van der Waals surface area (Å²) in [6.07, 6.45) is 1.86. The second-order valence-corrected chi connectivity index (χ2v) is 15.2. The van der Waals surface area contributed by atoms with Crippen LogP contribution in [0.25, 0.3) is 21.9 Å². The Labute approximate surface area is 327 Å². The van der Waals surface area contributed by atoms with Gasteiger partial charge in [-0.05, 0) is 98.8 Å². The third-order valence-electron chi connectivity index (χ3n) is 11.2. The first-order valence-corrected chi connectivity index (χ1v) is 19.4. The van der Waals surface area contributed by atoms with Crippen LogP contribution in [0.4, 0.5) is 17.6 Å². The number of carbonyl (C=O) groups excluding carboxylic acids is 2. The van der Waals surface area contributed by atoms with Gasteiger partial charge in [-0.2, -0.15) is 0 Å². The fourth-order valence-electron chi connectivity index (χ4n) is 8.11. The third-order valence-corrected chi connectivity index (χ3v) is 11.5. The van der Waals surface area contributed by atoms with Gasteiger partial charge in [-0.15, -0.1) is 12.6 Å². The van der Waals surface area contributed by atoms with Crippen LogP contribution in [0.2, 0.25) is 0 Å². The van der Waals surface area contributed by atoms with Crippen molar-refractivity contribution in [3.8, 4) is 22.6 Å². The van der Waals surface area contributed by atoms with E-state index in [-0.39, 0.29) is 38.9 Å². The van der Waals surface area contributed by atoms with Crippen molar-refractivity contribution in [3.05, 3.63) is 84.5 Å². The fourth-order valence-corrected chi connectivity index (χ4v) is 8.37. The van der Waals surface area contributed by atoms with E-state index < -0.39 is 46.3 Å². The van der Waals surface area contributed by atoms with Crippen molar-refractivity contribution in [2.45, 2.75) is 70.3 Å². The lowest BCUT2D eigenvalue weighted by molar-refractivity contribution is -0.174. The molecule has 0 spiro atoms. The fraction of sp³-hybridized carbons (Fsp3) is 0.488. The largest absolute Gasteiger partial charge is 0.496 e. The van der Waals surface area contributed by atoms with E-state index in [0.29, 0.717) is 43.2 Å². The number of hydrogen-bond acceptors (Lipinski definition) is 6. The van der Waals surface area contributed by atoms with Gasteiger partial charge in [-0.1, -0.05) is 61.2 Å². The molecule has 0 saturated carbocycles. The quantitative estimate of drug-likeness (QED) is 0.0896. The number of methoxy groups -OCH3 is 1. The molecule has 298 valence electrons. The number of likely N-dealkylation sites (N-methyl/N-ethyl adjacent to an activating group) is 1. The molecule has 2 fully saturated rings. The molecule has 1 amide bonds. The van der Waals surface area contributed by atoms with E-state index >= 15 is 8.78 Å². The zero-order valence-electron chi connectivity index (χ0n) is 32.2. The number of nitrogens with zero attached hydrogens (tertiary/aromatic N) is 3. The highest BCUT2D eigenvalue weighted by Gasteiger charge is 2.61. The number of carbonyl (C=O) groups is 2. The number of ether oxygens (including phenoxy) is 2. The molecular formula is C43H53F4N3O4S. The summed E-state index contributed by atoms with van der Waals surface area (Å²) in [6, 6.07) is 15.8. The average Bonchev–Trinajstić information content (AvgIpc) is 3.16. The highest BCUT2D eigenvalue weighted by atomic mass is 32.1. The van der Waals surface area contributed by atoms with Crippen molar-refractivity contribution in [1.82, 2.24) is 14.7 Å². The first kappa shape index (κ1) is 42.3. The molecule has 1 unspecified atom stereocenters. The summed E-state index contributed by atoms with van der Waals surface area (Å²) in [5.41, 5.74) is -0.378. The van der Waals surface area contributed by atoms with Gasteiger partial charge in [0.2, 0.25) is 11.0 Å². The van der Waals surface area contributed by atoms with Crippen molar-refractivity contribution in [2.75, 3.05) is 60.0 Å². The molecule has 0 N–H and O–H groups in total. The van der Waals surface area contributed by atoms with Gasteiger partial charge >= 0.3 is 0 Å². The Morgan fingerprint density at radius 3 is 2.38 bits per heavy atom. The predicted molar refractivity (Wildman–Crippen MR) is 214 cm³/mol. The Bertz CT molecular complexity index is 1860. The van der Waals surface area contributed by atoms with Crippen LogP contribution in [0, 0.1) is 5.41 Å². The molecule has 12 heteroatoms. The predicted octanol–water partition coefficient (Wildman–Crippen LogP) is 8.36. The normalized spacial score (nSPS) is 19.3. The maximum absolute atomic E-state index is 16.2. The minimum absolute atomic E-state index is 0.0137. The molecule has 0 bridgehead atoms. The Kier molecular flexibility index (Phi) is 14.1. The molecule has 0 aromatic heterocycles. The SMILES string of the molecule is C=C(C)C(F)(F)C1(C(=O)N(C)[C@@H](Cc2cccc3c(-c4c(OC)cccc4OCCN4CCC[C@H](F)C4)cccc23)C(=O)S)CCN(CC(F)/C=C/C)CC1. The zero-order valence-corrected chi connectivity index (χ0v) is 33.1. The van der Waals surface area contributed by atoms with E-state index in [4.69, 9.17) is 9.47 Å². The van der Waals surface area contributed by atoms with E-state index in [1.54, 1.807) is 25.0 Å². The van der Waals surface area contributed by atoms with Crippen molar-refractivity contribution in [1.29, 1.82) is 0 Å². The number of thiol groups is 1. The molecule has 2 heterocycles. The Morgan fingerprint density at radius 1 is 1.05 bits per heavy atom. The molecule has 2 aliphatic heterocycles. The number of allylic oxidation sites excluding steroid dienone is 2. The highest BCUT2D eigenvalue weighted by molar-refractivity contribution is 7.96. The van der Waals surface area contributed by atoms with E-state index in [1.165, 1.54) is 20.0 Å². The lowest BCUT2D eigenvalue weighted by atomic mass is 9.69. The number of benzene rings is 3. The van der Waals surface area contributed by atoms with Gasteiger partial charge in [-0.3, -0.25) is 14.5 Å². The van der Waals surface area contributed by atoms with Crippen LogP contribution < -0.4 is 9.47 Å². The van der Waals surface area contributed by atoms with Crippen LogP contribution in [-0.4, -0.2) is 110 Å². The number of halogens is 4. The van der Waals surface area contributed by atoms with Crippen LogP contribution in [0.3, 0.4) is 0 Å².